The lowest BCUT2D eigenvalue weighted by Crippen LogP contribution is -2.23. The van der Waals surface area contributed by atoms with Crippen molar-refractivity contribution in [1.29, 1.82) is 0 Å². The Morgan fingerprint density at radius 2 is 1.81 bits per heavy atom. The lowest BCUT2D eigenvalue weighted by Gasteiger charge is -2.21. The molecule has 1 atom stereocenters. The molecule has 112 valence electrons. The maximum atomic E-state index is 14.4. The molecule has 0 radical (unpaired) electrons. The molecule has 2 aromatic carbocycles. The van der Waals surface area contributed by atoms with Crippen molar-refractivity contribution in [2.24, 2.45) is 0 Å². The summed E-state index contributed by atoms with van der Waals surface area (Å²) in [6, 6.07) is 6.83. The summed E-state index contributed by atoms with van der Waals surface area (Å²) < 4.78 is 28.1. The molecule has 0 saturated heterocycles. The van der Waals surface area contributed by atoms with Crippen molar-refractivity contribution in [2.75, 3.05) is 6.54 Å². The maximum absolute atomic E-state index is 14.4. The lowest BCUT2D eigenvalue weighted by atomic mass is 9.98. The van der Waals surface area contributed by atoms with E-state index in [2.05, 4.69) is 21.2 Å². The first-order valence-corrected chi connectivity index (χ1v) is 7.82. The molecule has 1 unspecified atom stereocenters. The first kappa shape index (κ1) is 16.7. The van der Waals surface area contributed by atoms with Crippen LogP contribution in [-0.4, -0.2) is 6.54 Å². The molecule has 2 aromatic rings. The number of benzene rings is 2. The SMILES string of the molecule is CCNC(c1ccc(F)cc1Cl)c1ccc(Br)c(Cl)c1F. The minimum Gasteiger partial charge on any atom is -0.306 e. The van der Waals surface area contributed by atoms with E-state index in [1.807, 2.05) is 6.92 Å². The molecule has 21 heavy (non-hydrogen) atoms. The van der Waals surface area contributed by atoms with Gasteiger partial charge < -0.3 is 5.32 Å². The summed E-state index contributed by atoms with van der Waals surface area (Å²) in [6.07, 6.45) is 0. The predicted octanol–water partition coefficient (Wildman–Crippen LogP) is 5.73. The smallest absolute Gasteiger partial charge is 0.148 e. The van der Waals surface area contributed by atoms with E-state index < -0.39 is 17.7 Å². The molecule has 0 heterocycles. The van der Waals surface area contributed by atoms with Crippen LogP contribution in [0.2, 0.25) is 10.0 Å². The van der Waals surface area contributed by atoms with E-state index in [1.54, 1.807) is 18.2 Å². The van der Waals surface area contributed by atoms with Gasteiger partial charge in [0.15, 0.2) is 0 Å². The van der Waals surface area contributed by atoms with Crippen LogP contribution in [0.25, 0.3) is 0 Å². The van der Waals surface area contributed by atoms with E-state index in [9.17, 15) is 8.78 Å². The van der Waals surface area contributed by atoms with E-state index >= 15 is 0 Å². The second-order valence-corrected chi connectivity index (χ2v) is 6.06. The maximum Gasteiger partial charge on any atom is 0.148 e. The van der Waals surface area contributed by atoms with Crippen molar-refractivity contribution < 1.29 is 8.78 Å². The normalized spacial score (nSPS) is 12.5. The Morgan fingerprint density at radius 1 is 1.14 bits per heavy atom. The second kappa shape index (κ2) is 7.05. The van der Waals surface area contributed by atoms with E-state index in [4.69, 9.17) is 23.2 Å². The van der Waals surface area contributed by atoms with Crippen LogP contribution in [0.1, 0.15) is 24.1 Å². The quantitative estimate of drug-likeness (QED) is 0.652. The fourth-order valence-corrected chi connectivity index (χ4v) is 2.85. The Kier molecular flexibility index (Phi) is 5.60. The summed E-state index contributed by atoms with van der Waals surface area (Å²) in [5, 5.41) is 3.39. The Bertz CT molecular complexity index is 664. The molecule has 0 amide bonds. The third-order valence-corrected chi connectivity index (χ3v) is 4.64. The topological polar surface area (TPSA) is 12.0 Å². The summed E-state index contributed by atoms with van der Waals surface area (Å²) in [5.41, 5.74) is 0.954. The fourth-order valence-electron chi connectivity index (χ4n) is 2.09. The van der Waals surface area contributed by atoms with E-state index in [0.29, 0.717) is 22.1 Å². The highest BCUT2D eigenvalue weighted by atomic mass is 79.9. The molecule has 0 aliphatic carbocycles. The molecule has 0 saturated carbocycles. The molecule has 6 heteroatoms. The van der Waals surface area contributed by atoms with Crippen molar-refractivity contribution in [3.63, 3.8) is 0 Å². The average Bonchev–Trinajstić information content (AvgIpc) is 2.44. The average molecular weight is 395 g/mol. The van der Waals surface area contributed by atoms with Gasteiger partial charge in [0.05, 0.1) is 11.1 Å². The summed E-state index contributed by atoms with van der Waals surface area (Å²) in [4.78, 5) is 0. The van der Waals surface area contributed by atoms with Crippen LogP contribution in [0.15, 0.2) is 34.8 Å². The molecule has 1 nitrogen and oxygen atoms in total. The number of hydrogen-bond acceptors (Lipinski definition) is 1. The van der Waals surface area contributed by atoms with Crippen molar-refractivity contribution in [1.82, 2.24) is 5.32 Å². The van der Waals surface area contributed by atoms with Gasteiger partial charge in [-0.25, -0.2) is 8.78 Å². The minimum absolute atomic E-state index is 0.00800. The van der Waals surface area contributed by atoms with Crippen LogP contribution in [0.5, 0.6) is 0 Å². The van der Waals surface area contributed by atoms with Crippen molar-refractivity contribution in [2.45, 2.75) is 13.0 Å². The van der Waals surface area contributed by atoms with Crippen LogP contribution in [0, 0.1) is 11.6 Å². The van der Waals surface area contributed by atoms with Crippen molar-refractivity contribution in [3.05, 3.63) is 67.6 Å². The first-order valence-electron chi connectivity index (χ1n) is 6.27. The number of nitrogens with one attached hydrogen (secondary N) is 1. The summed E-state index contributed by atoms with van der Waals surface area (Å²) in [6.45, 7) is 2.48. The number of halogens is 5. The van der Waals surface area contributed by atoms with Crippen molar-refractivity contribution in [3.8, 4) is 0 Å². The Morgan fingerprint density at radius 3 is 2.43 bits per heavy atom. The Hall–Kier alpha value is -0.680. The molecule has 0 aliphatic rings. The van der Waals surface area contributed by atoms with Crippen LogP contribution in [0.4, 0.5) is 8.78 Å². The first-order chi connectivity index (χ1) is 9.95. The molecule has 1 N–H and O–H groups in total. The zero-order valence-electron chi connectivity index (χ0n) is 11.1. The molecule has 0 fully saturated rings. The van der Waals surface area contributed by atoms with Crippen LogP contribution in [-0.2, 0) is 0 Å². The number of rotatable bonds is 4. The highest BCUT2D eigenvalue weighted by Crippen LogP contribution is 2.35. The zero-order valence-corrected chi connectivity index (χ0v) is 14.2. The fraction of sp³-hybridized carbons (Fsp3) is 0.200. The van der Waals surface area contributed by atoms with Crippen LogP contribution >= 0.6 is 39.1 Å². The number of hydrogen-bond donors (Lipinski definition) is 1. The molecular formula is C15H12BrCl2F2N. The Labute approximate surface area is 140 Å². The highest BCUT2D eigenvalue weighted by Gasteiger charge is 2.22. The molecule has 2 rings (SSSR count). The van der Waals surface area contributed by atoms with Crippen molar-refractivity contribution >= 4 is 39.1 Å². The van der Waals surface area contributed by atoms with Gasteiger partial charge in [-0.3, -0.25) is 0 Å². The monoisotopic (exact) mass is 393 g/mol. The highest BCUT2D eigenvalue weighted by molar-refractivity contribution is 9.10. The van der Waals surface area contributed by atoms with Crippen LogP contribution in [0.3, 0.4) is 0 Å². The van der Waals surface area contributed by atoms with Gasteiger partial charge in [-0.15, -0.1) is 0 Å². The summed E-state index contributed by atoms with van der Waals surface area (Å²) in [5.74, 6) is -0.967. The standard InChI is InChI=1S/C15H12BrCl2F2N/c1-2-21-15(9-4-3-8(19)7-12(9)17)10-5-6-11(16)13(18)14(10)20/h3-7,15,21H,2H2,1H3. The third-order valence-electron chi connectivity index (χ3n) is 3.06. The van der Waals surface area contributed by atoms with E-state index in [1.165, 1.54) is 12.1 Å². The van der Waals surface area contributed by atoms with Crippen LogP contribution < -0.4 is 5.32 Å². The van der Waals surface area contributed by atoms with Gasteiger partial charge in [0.25, 0.3) is 0 Å². The summed E-state index contributed by atoms with van der Waals surface area (Å²) in [7, 11) is 0. The van der Waals surface area contributed by atoms with E-state index in [-0.39, 0.29) is 10.0 Å². The largest absolute Gasteiger partial charge is 0.306 e. The second-order valence-electron chi connectivity index (χ2n) is 4.42. The predicted molar refractivity (Wildman–Crippen MR) is 86.0 cm³/mol. The van der Waals surface area contributed by atoms with E-state index in [0.717, 1.165) is 0 Å². The van der Waals surface area contributed by atoms with Gasteiger partial charge in [-0.05, 0) is 46.2 Å². The van der Waals surface area contributed by atoms with Gasteiger partial charge in [0, 0.05) is 15.1 Å². The molecule has 0 aromatic heterocycles. The van der Waals surface area contributed by atoms with Gasteiger partial charge in [0.1, 0.15) is 11.6 Å². The molecule has 0 bridgehead atoms. The minimum atomic E-state index is -0.530. The zero-order chi connectivity index (χ0) is 15.6. The molecule has 0 spiro atoms. The van der Waals surface area contributed by atoms with Gasteiger partial charge >= 0.3 is 0 Å². The van der Waals surface area contributed by atoms with Gasteiger partial charge in [-0.1, -0.05) is 42.3 Å². The van der Waals surface area contributed by atoms with Gasteiger partial charge in [-0.2, -0.15) is 0 Å². The van der Waals surface area contributed by atoms with Gasteiger partial charge in [0.2, 0.25) is 0 Å². The molecule has 0 aliphatic heterocycles. The summed E-state index contributed by atoms with van der Waals surface area (Å²) >= 11 is 15.2. The Balaban J connectivity index is 2.56. The lowest BCUT2D eigenvalue weighted by molar-refractivity contribution is 0.557. The molecular weight excluding hydrogens is 383 g/mol. The third kappa shape index (κ3) is 3.57.